The molecule has 0 saturated carbocycles. The maximum absolute atomic E-state index is 12.4. The van der Waals surface area contributed by atoms with Gasteiger partial charge in [0.2, 0.25) is 0 Å². The molecule has 102 valence electrons. The summed E-state index contributed by atoms with van der Waals surface area (Å²) in [5.74, 6) is -0.0499. The van der Waals surface area contributed by atoms with E-state index in [0.29, 0.717) is 12.2 Å². The smallest absolute Gasteiger partial charge is 0.274 e. The molecule has 0 unspecified atom stereocenters. The SMILES string of the molecule is Cc1cnc(C(=O)N2CCc3cc(Br)ccc3C2)cn1. The Bertz CT molecular complexity index is 655. The molecule has 3 rings (SSSR count). The van der Waals surface area contributed by atoms with Gasteiger partial charge in [0.15, 0.2) is 0 Å². The van der Waals surface area contributed by atoms with Gasteiger partial charge in [-0.15, -0.1) is 0 Å². The van der Waals surface area contributed by atoms with Gasteiger partial charge in [0.25, 0.3) is 5.91 Å². The molecule has 1 aromatic heterocycles. The molecule has 2 heterocycles. The fraction of sp³-hybridized carbons (Fsp3) is 0.267. The van der Waals surface area contributed by atoms with Crippen LogP contribution in [0.15, 0.2) is 35.1 Å². The van der Waals surface area contributed by atoms with E-state index in [1.807, 2.05) is 17.9 Å². The average molecular weight is 332 g/mol. The van der Waals surface area contributed by atoms with Gasteiger partial charge in [-0.3, -0.25) is 9.78 Å². The van der Waals surface area contributed by atoms with E-state index in [9.17, 15) is 4.79 Å². The fourth-order valence-corrected chi connectivity index (χ4v) is 2.77. The third-order valence-electron chi connectivity index (χ3n) is 3.47. The van der Waals surface area contributed by atoms with Gasteiger partial charge >= 0.3 is 0 Å². The van der Waals surface area contributed by atoms with Crippen LogP contribution in [0.1, 0.15) is 27.3 Å². The van der Waals surface area contributed by atoms with Crippen LogP contribution in [-0.2, 0) is 13.0 Å². The van der Waals surface area contributed by atoms with Gasteiger partial charge in [0, 0.05) is 23.8 Å². The summed E-state index contributed by atoms with van der Waals surface area (Å²) in [4.78, 5) is 22.5. The first-order valence-corrected chi connectivity index (χ1v) is 7.28. The van der Waals surface area contributed by atoms with Crippen molar-refractivity contribution < 1.29 is 4.79 Å². The lowest BCUT2D eigenvalue weighted by Crippen LogP contribution is -2.36. The summed E-state index contributed by atoms with van der Waals surface area (Å²) in [6.45, 7) is 3.21. The third kappa shape index (κ3) is 2.58. The van der Waals surface area contributed by atoms with Gasteiger partial charge in [0.05, 0.1) is 11.9 Å². The predicted octanol–water partition coefficient (Wildman–Crippen LogP) is 2.75. The minimum Gasteiger partial charge on any atom is -0.333 e. The van der Waals surface area contributed by atoms with E-state index in [0.717, 1.165) is 23.1 Å². The van der Waals surface area contributed by atoms with Crippen LogP contribution in [0.25, 0.3) is 0 Å². The number of aromatic nitrogens is 2. The second-order valence-electron chi connectivity index (χ2n) is 4.93. The average Bonchev–Trinajstić information content (AvgIpc) is 2.47. The number of carbonyl (C=O) groups is 1. The number of amides is 1. The Labute approximate surface area is 126 Å². The van der Waals surface area contributed by atoms with Gasteiger partial charge < -0.3 is 4.90 Å². The second kappa shape index (κ2) is 5.32. The van der Waals surface area contributed by atoms with E-state index in [1.54, 1.807) is 12.4 Å². The third-order valence-corrected chi connectivity index (χ3v) is 3.96. The Morgan fingerprint density at radius 2 is 2.10 bits per heavy atom. The van der Waals surface area contributed by atoms with Crippen molar-refractivity contribution in [2.24, 2.45) is 0 Å². The Morgan fingerprint density at radius 1 is 1.25 bits per heavy atom. The number of aryl methyl sites for hydroxylation is 1. The number of hydrogen-bond acceptors (Lipinski definition) is 3. The molecule has 20 heavy (non-hydrogen) atoms. The van der Waals surface area contributed by atoms with Crippen molar-refractivity contribution >= 4 is 21.8 Å². The van der Waals surface area contributed by atoms with E-state index in [4.69, 9.17) is 0 Å². The highest BCUT2D eigenvalue weighted by Crippen LogP contribution is 2.23. The van der Waals surface area contributed by atoms with Crippen molar-refractivity contribution in [3.05, 3.63) is 57.6 Å². The minimum absolute atomic E-state index is 0.0499. The quantitative estimate of drug-likeness (QED) is 0.807. The monoisotopic (exact) mass is 331 g/mol. The van der Waals surface area contributed by atoms with Crippen molar-refractivity contribution in [3.63, 3.8) is 0 Å². The molecular formula is C15H14BrN3O. The molecule has 1 aliphatic heterocycles. The first-order valence-electron chi connectivity index (χ1n) is 6.49. The molecule has 0 spiro atoms. The van der Waals surface area contributed by atoms with Crippen LogP contribution in [0.3, 0.4) is 0 Å². The number of benzene rings is 1. The number of rotatable bonds is 1. The molecule has 0 fully saturated rings. The minimum atomic E-state index is -0.0499. The van der Waals surface area contributed by atoms with Crippen LogP contribution in [0.5, 0.6) is 0 Å². The molecule has 1 aromatic carbocycles. The van der Waals surface area contributed by atoms with Gasteiger partial charge in [-0.1, -0.05) is 22.0 Å². The normalized spacial score (nSPS) is 14.0. The van der Waals surface area contributed by atoms with Crippen LogP contribution in [0.4, 0.5) is 0 Å². The van der Waals surface area contributed by atoms with Crippen molar-refractivity contribution in [1.29, 1.82) is 0 Å². The predicted molar refractivity (Wildman–Crippen MR) is 79.4 cm³/mol. The van der Waals surface area contributed by atoms with Crippen molar-refractivity contribution in [2.75, 3.05) is 6.54 Å². The summed E-state index contributed by atoms with van der Waals surface area (Å²) in [5.41, 5.74) is 3.73. The summed E-state index contributed by atoms with van der Waals surface area (Å²) in [6, 6.07) is 6.21. The highest BCUT2D eigenvalue weighted by molar-refractivity contribution is 9.10. The molecule has 4 nitrogen and oxygen atoms in total. The van der Waals surface area contributed by atoms with Crippen LogP contribution in [0, 0.1) is 6.92 Å². The number of nitrogens with zero attached hydrogens (tertiary/aromatic N) is 3. The molecule has 0 saturated heterocycles. The summed E-state index contributed by atoms with van der Waals surface area (Å²) in [7, 11) is 0. The molecule has 5 heteroatoms. The molecule has 2 aromatic rings. The van der Waals surface area contributed by atoms with Crippen LogP contribution < -0.4 is 0 Å². The number of fused-ring (bicyclic) bond motifs is 1. The Morgan fingerprint density at radius 3 is 2.85 bits per heavy atom. The van der Waals surface area contributed by atoms with E-state index in [1.165, 1.54) is 11.1 Å². The summed E-state index contributed by atoms with van der Waals surface area (Å²) in [6.07, 6.45) is 4.05. The summed E-state index contributed by atoms with van der Waals surface area (Å²) >= 11 is 3.48. The molecule has 0 bridgehead atoms. The topological polar surface area (TPSA) is 46.1 Å². The first kappa shape index (κ1) is 13.2. The Balaban J connectivity index is 1.81. The second-order valence-corrected chi connectivity index (χ2v) is 5.85. The molecular weight excluding hydrogens is 318 g/mol. The summed E-state index contributed by atoms with van der Waals surface area (Å²) < 4.78 is 1.08. The summed E-state index contributed by atoms with van der Waals surface area (Å²) in [5, 5.41) is 0. The fourth-order valence-electron chi connectivity index (χ4n) is 2.36. The number of hydrogen-bond donors (Lipinski definition) is 0. The highest BCUT2D eigenvalue weighted by Gasteiger charge is 2.22. The first-order chi connectivity index (χ1) is 9.63. The highest BCUT2D eigenvalue weighted by atomic mass is 79.9. The van der Waals surface area contributed by atoms with Crippen LogP contribution in [-0.4, -0.2) is 27.3 Å². The van der Waals surface area contributed by atoms with E-state index in [-0.39, 0.29) is 5.91 Å². The Hall–Kier alpha value is -1.75. The number of carbonyl (C=O) groups excluding carboxylic acids is 1. The molecule has 0 N–H and O–H groups in total. The molecule has 0 atom stereocenters. The lowest BCUT2D eigenvalue weighted by molar-refractivity contribution is 0.0728. The zero-order valence-corrected chi connectivity index (χ0v) is 12.7. The van der Waals surface area contributed by atoms with Crippen LogP contribution in [0.2, 0.25) is 0 Å². The standard InChI is InChI=1S/C15H14BrN3O/c1-10-7-18-14(8-17-10)15(20)19-5-4-11-6-13(16)3-2-12(11)9-19/h2-3,6-8H,4-5,9H2,1H3. The van der Waals surface area contributed by atoms with Gasteiger partial charge in [0.1, 0.15) is 5.69 Å². The zero-order chi connectivity index (χ0) is 14.1. The maximum Gasteiger partial charge on any atom is 0.274 e. The van der Waals surface area contributed by atoms with Crippen molar-refractivity contribution in [3.8, 4) is 0 Å². The number of halogens is 1. The lowest BCUT2D eigenvalue weighted by Gasteiger charge is -2.28. The van der Waals surface area contributed by atoms with Gasteiger partial charge in [-0.05, 0) is 36.6 Å². The van der Waals surface area contributed by atoms with E-state index < -0.39 is 0 Å². The van der Waals surface area contributed by atoms with E-state index >= 15 is 0 Å². The molecule has 1 amide bonds. The van der Waals surface area contributed by atoms with Gasteiger partial charge in [-0.25, -0.2) is 4.98 Å². The van der Waals surface area contributed by atoms with E-state index in [2.05, 4.69) is 38.0 Å². The molecule has 0 aliphatic carbocycles. The van der Waals surface area contributed by atoms with Crippen LogP contribution >= 0.6 is 15.9 Å². The van der Waals surface area contributed by atoms with Crippen molar-refractivity contribution in [1.82, 2.24) is 14.9 Å². The Kier molecular flexibility index (Phi) is 3.53. The van der Waals surface area contributed by atoms with Gasteiger partial charge in [-0.2, -0.15) is 0 Å². The van der Waals surface area contributed by atoms with Crippen molar-refractivity contribution in [2.45, 2.75) is 19.9 Å². The molecule has 1 aliphatic rings. The zero-order valence-electron chi connectivity index (χ0n) is 11.1. The lowest BCUT2D eigenvalue weighted by atomic mass is 10.00. The molecule has 0 radical (unpaired) electrons. The largest absolute Gasteiger partial charge is 0.333 e. The maximum atomic E-state index is 12.4.